The van der Waals surface area contributed by atoms with Crippen molar-refractivity contribution in [3.05, 3.63) is 65.7 Å². The molecule has 156 valence electrons. The van der Waals surface area contributed by atoms with Crippen LogP contribution in [0, 0.1) is 0 Å². The Bertz CT molecular complexity index is 765. The molecule has 0 aliphatic heterocycles. The molecule has 2 aromatic carbocycles. The average molecular weight is 415 g/mol. The molecule has 0 bridgehead atoms. The van der Waals surface area contributed by atoms with Crippen molar-refractivity contribution < 1.29 is 14.3 Å². The first-order chi connectivity index (χ1) is 14.0. The number of benzene rings is 2. The minimum atomic E-state index is -0.518. The summed E-state index contributed by atoms with van der Waals surface area (Å²) in [5, 5.41) is 2.89. The third kappa shape index (κ3) is 7.46. The Morgan fingerprint density at radius 3 is 2.38 bits per heavy atom. The lowest BCUT2D eigenvalue weighted by Crippen LogP contribution is -2.48. The van der Waals surface area contributed by atoms with Gasteiger partial charge < -0.3 is 15.0 Å². The molecule has 0 fully saturated rings. The van der Waals surface area contributed by atoms with Gasteiger partial charge in [-0.25, -0.2) is 0 Å². The van der Waals surface area contributed by atoms with Crippen molar-refractivity contribution in [3.63, 3.8) is 0 Å². The zero-order valence-corrected chi connectivity index (χ0v) is 18.2. The summed E-state index contributed by atoms with van der Waals surface area (Å²) in [5.74, 6) is 1.72. The maximum Gasteiger partial charge on any atom is 0.242 e. The zero-order valence-electron chi connectivity index (χ0n) is 17.4. The van der Waals surface area contributed by atoms with E-state index in [9.17, 15) is 9.59 Å². The molecule has 0 aliphatic carbocycles. The van der Waals surface area contributed by atoms with E-state index in [1.54, 1.807) is 30.7 Å². The molecule has 5 nitrogen and oxygen atoms in total. The van der Waals surface area contributed by atoms with Gasteiger partial charge in [-0.3, -0.25) is 9.59 Å². The Labute approximate surface area is 177 Å². The predicted molar refractivity (Wildman–Crippen MR) is 119 cm³/mol. The lowest BCUT2D eigenvalue weighted by Gasteiger charge is -2.28. The molecule has 0 spiro atoms. The lowest BCUT2D eigenvalue weighted by atomic mass is 10.1. The summed E-state index contributed by atoms with van der Waals surface area (Å²) in [6.45, 7) is 4.83. The number of hydrogen-bond donors (Lipinski definition) is 1. The Balaban J connectivity index is 1.99. The van der Waals surface area contributed by atoms with Crippen molar-refractivity contribution in [1.82, 2.24) is 10.2 Å². The number of nitrogens with one attached hydrogen (secondary N) is 1. The summed E-state index contributed by atoms with van der Waals surface area (Å²) < 4.78 is 5.17. The fourth-order valence-electron chi connectivity index (χ4n) is 2.82. The number of carbonyl (C=O) groups excluding carboxylic acids is 2. The minimum Gasteiger partial charge on any atom is -0.497 e. The highest BCUT2D eigenvalue weighted by molar-refractivity contribution is 7.99. The van der Waals surface area contributed by atoms with Crippen LogP contribution in [-0.2, 0) is 21.9 Å². The molecule has 1 N–H and O–H groups in total. The smallest absolute Gasteiger partial charge is 0.242 e. The first-order valence-corrected chi connectivity index (χ1v) is 11.0. The molecule has 6 heteroatoms. The van der Waals surface area contributed by atoms with E-state index in [0.29, 0.717) is 18.8 Å². The first-order valence-electron chi connectivity index (χ1n) is 9.87. The minimum absolute atomic E-state index is 0.0356. The van der Waals surface area contributed by atoms with E-state index in [-0.39, 0.29) is 11.8 Å². The highest BCUT2D eigenvalue weighted by Gasteiger charge is 2.25. The van der Waals surface area contributed by atoms with Gasteiger partial charge in [-0.2, -0.15) is 0 Å². The van der Waals surface area contributed by atoms with Gasteiger partial charge in [0.05, 0.1) is 12.9 Å². The molecular weight excluding hydrogens is 384 g/mol. The van der Waals surface area contributed by atoms with Crippen LogP contribution in [0.15, 0.2) is 54.6 Å². The van der Waals surface area contributed by atoms with Crippen LogP contribution in [-0.4, -0.2) is 42.2 Å². The number of thioether (sulfide) groups is 1. The highest BCUT2D eigenvalue weighted by atomic mass is 32.2. The van der Waals surface area contributed by atoms with Crippen LogP contribution in [0.25, 0.3) is 0 Å². The van der Waals surface area contributed by atoms with Crippen LogP contribution in [0.2, 0.25) is 0 Å². The third-order valence-corrected chi connectivity index (χ3v) is 5.55. The maximum absolute atomic E-state index is 13.0. The van der Waals surface area contributed by atoms with Crippen molar-refractivity contribution in [2.75, 3.05) is 19.4 Å². The predicted octanol–water partition coefficient (Wildman–Crippen LogP) is 3.87. The third-order valence-electron chi connectivity index (χ3n) is 4.57. The average Bonchev–Trinajstić information content (AvgIpc) is 2.76. The van der Waals surface area contributed by atoms with E-state index < -0.39 is 6.04 Å². The van der Waals surface area contributed by atoms with E-state index in [1.165, 1.54) is 0 Å². The second kappa shape index (κ2) is 12.2. The maximum atomic E-state index is 13.0. The van der Waals surface area contributed by atoms with Gasteiger partial charge in [-0.05, 0) is 36.6 Å². The van der Waals surface area contributed by atoms with Gasteiger partial charge in [-0.1, -0.05) is 49.4 Å². The summed E-state index contributed by atoms with van der Waals surface area (Å²) >= 11 is 1.55. The van der Waals surface area contributed by atoms with Crippen molar-refractivity contribution in [2.24, 2.45) is 0 Å². The fourth-order valence-corrected chi connectivity index (χ4v) is 3.69. The molecule has 2 rings (SSSR count). The standard InChI is InChI=1S/C23H30N2O3S/c1-4-14-24-23(27)18(2)25(15-19-8-6-5-7-9-19)22(26)17-29-16-20-10-12-21(28-3)13-11-20/h5-13,18H,4,14-17H2,1-3H3,(H,24,27)/t18-/m1/s1. The van der Waals surface area contributed by atoms with E-state index in [1.807, 2.05) is 61.5 Å². The summed E-state index contributed by atoms with van der Waals surface area (Å²) in [6, 6.07) is 17.1. The summed E-state index contributed by atoms with van der Waals surface area (Å²) in [6.07, 6.45) is 0.864. The number of rotatable bonds is 11. The Morgan fingerprint density at radius 1 is 1.07 bits per heavy atom. The second-order valence-corrected chi connectivity index (χ2v) is 7.80. The fraction of sp³-hybridized carbons (Fsp3) is 0.391. The van der Waals surface area contributed by atoms with Crippen molar-refractivity contribution in [1.29, 1.82) is 0 Å². The normalized spacial score (nSPS) is 11.6. The molecule has 2 aromatic rings. The van der Waals surface area contributed by atoms with Crippen molar-refractivity contribution in [2.45, 2.75) is 38.6 Å². The zero-order chi connectivity index (χ0) is 21.1. The first kappa shape index (κ1) is 22.8. The monoisotopic (exact) mass is 414 g/mol. The van der Waals surface area contributed by atoms with Gasteiger partial charge in [0.25, 0.3) is 0 Å². The number of hydrogen-bond acceptors (Lipinski definition) is 4. The van der Waals surface area contributed by atoms with Gasteiger partial charge in [0, 0.05) is 18.8 Å². The van der Waals surface area contributed by atoms with Crippen LogP contribution in [0.3, 0.4) is 0 Å². The van der Waals surface area contributed by atoms with E-state index in [2.05, 4.69) is 5.32 Å². The van der Waals surface area contributed by atoms with Crippen LogP contribution in [0.1, 0.15) is 31.4 Å². The SMILES string of the molecule is CCCNC(=O)[C@@H](C)N(Cc1ccccc1)C(=O)CSCc1ccc(OC)cc1. The quantitative estimate of drug-likeness (QED) is 0.606. The van der Waals surface area contributed by atoms with Gasteiger partial charge in [0.15, 0.2) is 0 Å². The molecule has 0 aliphatic rings. The molecule has 0 aromatic heterocycles. The summed E-state index contributed by atoms with van der Waals surface area (Å²) in [7, 11) is 1.64. The Morgan fingerprint density at radius 2 is 1.76 bits per heavy atom. The van der Waals surface area contributed by atoms with Gasteiger partial charge >= 0.3 is 0 Å². The highest BCUT2D eigenvalue weighted by Crippen LogP contribution is 2.18. The molecule has 0 heterocycles. The molecular formula is C23H30N2O3S. The second-order valence-electron chi connectivity index (χ2n) is 6.82. The number of carbonyl (C=O) groups is 2. The van der Waals surface area contributed by atoms with Crippen LogP contribution >= 0.6 is 11.8 Å². The van der Waals surface area contributed by atoms with E-state index in [4.69, 9.17) is 4.74 Å². The number of nitrogens with zero attached hydrogens (tertiary/aromatic N) is 1. The lowest BCUT2D eigenvalue weighted by molar-refractivity contribution is -0.138. The number of methoxy groups -OCH3 is 1. The Hall–Kier alpha value is -2.47. The van der Waals surface area contributed by atoms with Gasteiger partial charge in [0.2, 0.25) is 11.8 Å². The summed E-state index contributed by atoms with van der Waals surface area (Å²) in [5.41, 5.74) is 2.14. The molecule has 1 atom stereocenters. The van der Waals surface area contributed by atoms with Crippen LogP contribution in [0.4, 0.5) is 0 Å². The van der Waals surface area contributed by atoms with Crippen molar-refractivity contribution >= 4 is 23.6 Å². The molecule has 0 unspecified atom stereocenters. The van der Waals surface area contributed by atoms with E-state index >= 15 is 0 Å². The summed E-state index contributed by atoms with van der Waals surface area (Å²) in [4.78, 5) is 27.1. The van der Waals surface area contributed by atoms with Crippen LogP contribution in [0.5, 0.6) is 5.75 Å². The van der Waals surface area contributed by atoms with Crippen molar-refractivity contribution in [3.8, 4) is 5.75 Å². The van der Waals surface area contributed by atoms with Crippen LogP contribution < -0.4 is 10.1 Å². The molecule has 0 saturated carbocycles. The number of amides is 2. The topological polar surface area (TPSA) is 58.6 Å². The molecule has 0 saturated heterocycles. The molecule has 0 radical (unpaired) electrons. The number of ether oxygens (including phenoxy) is 1. The van der Waals surface area contributed by atoms with Gasteiger partial charge in [0.1, 0.15) is 11.8 Å². The molecule has 29 heavy (non-hydrogen) atoms. The Kier molecular flexibility index (Phi) is 9.57. The van der Waals surface area contributed by atoms with E-state index in [0.717, 1.165) is 29.1 Å². The largest absolute Gasteiger partial charge is 0.497 e. The van der Waals surface area contributed by atoms with Gasteiger partial charge in [-0.15, -0.1) is 11.8 Å². The molecule has 2 amide bonds.